The molecule has 67 valence electrons. The Bertz CT molecular complexity index is 430. The number of hydrogen-bond donors (Lipinski definition) is 1. The lowest BCUT2D eigenvalue weighted by molar-refractivity contribution is -0.136. The van der Waals surface area contributed by atoms with Gasteiger partial charge in [0.1, 0.15) is 5.65 Å². The summed E-state index contributed by atoms with van der Waals surface area (Å²) in [5.41, 5.74) is -0.551. The van der Waals surface area contributed by atoms with Crippen molar-refractivity contribution in [2.45, 2.75) is 6.18 Å². The summed E-state index contributed by atoms with van der Waals surface area (Å²) in [5.74, 6) is 0. The van der Waals surface area contributed by atoms with Gasteiger partial charge in [0.15, 0.2) is 0 Å². The molecule has 0 aliphatic carbocycles. The van der Waals surface area contributed by atoms with E-state index in [0.717, 1.165) is 6.20 Å². The molecule has 2 nitrogen and oxygen atoms in total. The van der Waals surface area contributed by atoms with Gasteiger partial charge in [-0.1, -0.05) is 0 Å². The number of pyridine rings is 1. The van der Waals surface area contributed by atoms with Crippen molar-refractivity contribution in [2.75, 3.05) is 0 Å². The smallest absolute Gasteiger partial charge is 0.346 e. The molecule has 2 rings (SSSR count). The van der Waals surface area contributed by atoms with Crippen molar-refractivity contribution in [1.29, 1.82) is 0 Å². The molecule has 2 aromatic rings. The minimum atomic E-state index is -4.37. The van der Waals surface area contributed by atoms with Gasteiger partial charge in [0.2, 0.25) is 0 Å². The number of alkyl halides is 3. The van der Waals surface area contributed by atoms with Crippen LogP contribution in [-0.2, 0) is 6.18 Å². The Hall–Kier alpha value is -1.52. The fraction of sp³-hybridized carbons (Fsp3) is 0.125. The van der Waals surface area contributed by atoms with Gasteiger partial charge in [-0.15, -0.1) is 0 Å². The Morgan fingerprint density at radius 3 is 2.85 bits per heavy atom. The third kappa shape index (κ3) is 1.26. The van der Waals surface area contributed by atoms with Gasteiger partial charge >= 0.3 is 6.18 Å². The molecule has 0 bridgehead atoms. The lowest BCUT2D eigenvalue weighted by Crippen LogP contribution is -2.05. The second-order valence-electron chi connectivity index (χ2n) is 2.52. The Kier molecular flexibility index (Phi) is 1.55. The average Bonchev–Trinajstić information content (AvgIpc) is 2.48. The van der Waals surface area contributed by atoms with Crippen LogP contribution in [-0.4, -0.2) is 9.97 Å². The number of halogens is 3. The molecule has 5 heteroatoms. The molecule has 0 spiro atoms. The number of nitrogens with one attached hydrogen (secondary N) is 1. The van der Waals surface area contributed by atoms with E-state index < -0.39 is 11.7 Å². The standard InChI is InChI=1S/C8H4F3N2/c9-8(10,11)6-2-4-13-7-5(6)1-3-12-7/h1,3-4H,(H,12,13). The van der Waals surface area contributed by atoms with Crippen LogP contribution in [0, 0.1) is 6.07 Å². The van der Waals surface area contributed by atoms with E-state index in [0.29, 0.717) is 0 Å². The number of aromatic nitrogens is 2. The monoisotopic (exact) mass is 185 g/mol. The molecule has 0 aliphatic rings. The van der Waals surface area contributed by atoms with Crippen LogP contribution >= 0.6 is 0 Å². The highest BCUT2D eigenvalue weighted by Gasteiger charge is 2.33. The van der Waals surface area contributed by atoms with Gasteiger partial charge in [0.25, 0.3) is 0 Å². The van der Waals surface area contributed by atoms with Gasteiger partial charge in [-0.05, 0) is 6.07 Å². The minimum absolute atomic E-state index is 0.0509. The number of fused-ring (bicyclic) bond motifs is 1. The van der Waals surface area contributed by atoms with Gasteiger partial charge in [0.05, 0.1) is 5.56 Å². The van der Waals surface area contributed by atoms with Crippen molar-refractivity contribution in [3.8, 4) is 0 Å². The van der Waals surface area contributed by atoms with Gasteiger partial charge in [0, 0.05) is 23.8 Å². The zero-order valence-corrected chi connectivity index (χ0v) is 6.31. The van der Waals surface area contributed by atoms with Crippen molar-refractivity contribution in [3.63, 3.8) is 0 Å². The summed E-state index contributed by atoms with van der Waals surface area (Å²) in [6.45, 7) is 0. The van der Waals surface area contributed by atoms with Crippen molar-refractivity contribution in [1.82, 2.24) is 9.97 Å². The molecule has 0 unspecified atom stereocenters. The topological polar surface area (TPSA) is 28.7 Å². The minimum Gasteiger partial charge on any atom is -0.346 e. The van der Waals surface area contributed by atoms with Crippen LogP contribution in [0.2, 0.25) is 0 Å². The second kappa shape index (κ2) is 2.48. The molecular formula is C8H4F3N2. The first kappa shape index (κ1) is 8.10. The fourth-order valence-corrected chi connectivity index (χ4v) is 1.14. The van der Waals surface area contributed by atoms with Crippen molar-refractivity contribution in [2.24, 2.45) is 0 Å². The average molecular weight is 185 g/mol. The molecule has 0 saturated carbocycles. The Balaban J connectivity index is 2.75. The maximum atomic E-state index is 12.3. The quantitative estimate of drug-likeness (QED) is 0.670. The summed E-state index contributed by atoms with van der Waals surface area (Å²) in [6.07, 6.45) is -1.94. The van der Waals surface area contributed by atoms with Crippen molar-refractivity contribution < 1.29 is 13.2 Å². The fourth-order valence-electron chi connectivity index (χ4n) is 1.14. The first-order valence-corrected chi connectivity index (χ1v) is 3.50. The molecule has 2 heterocycles. The molecule has 2 aromatic heterocycles. The molecule has 1 N–H and O–H groups in total. The van der Waals surface area contributed by atoms with Gasteiger partial charge in [-0.2, -0.15) is 13.2 Å². The van der Waals surface area contributed by atoms with Crippen molar-refractivity contribution >= 4 is 11.0 Å². The van der Waals surface area contributed by atoms with Crippen LogP contribution in [0.5, 0.6) is 0 Å². The summed E-state index contributed by atoms with van der Waals surface area (Å²) in [6, 6.07) is 3.42. The first-order valence-electron chi connectivity index (χ1n) is 3.50. The largest absolute Gasteiger partial charge is 0.417 e. The molecule has 1 radical (unpaired) electrons. The maximum absolute atomic E-state index is 12.3. The normalized spacial score (nSPS) is 12.2. The van der Waals surface area contributed by atoms with E-state index in [2.05, 4.69) is 16.0 Å². The number of rotatable bonds is 0. The lowest BCUT2D eigenvalue weighted by atomic mass is 10.2. The van der Waals surface area contributed by atoms with Crippen LogP contribution in [0.15, 0.2) is 18.5 Å². The lowest BCUT2D eigenvalue weighted by Gasteiger charge is -2.05. The molecule has 0 aliphatic heterocycles. The van der Waals surface area contributed by atoms with Crippen LogP contribution in [0.4, 0.5) is 13.2 Å². The zero-order chi connectivity index (χ0) is 9.47. The zero-order valence-electron chi connectivity index (χ0n) is 6.31. The predicted molar refractivity (Wildman–Crippen MR) is 39.9 cm³/mol. The molecule has 0 amide bonds. The van der Waals surface area contributed by atoms with Gasteiger partial charge in [-0.3, -0.25) is 0 Å². The molecule has 0 aromatic carbocycles. The van der Waals surface area contributed by atoms with Crippen LogP contribution < -0.4 is 0 Å². The van der Waals surface area contributed by atoms with Crippen LogP contribution in [0.3, 0.4) is 0 Å². The van der Waals surface area contributed by atoms with E-state index in [9.17, 15) is 13.2 Å². The summed E-state index contributed by atoms with van der Waals surface area (Å²) >= 11 is 0. The maximum Gasteiger partial charge on any atom is 0.417 e. The molecule has 13 heavy (non-hydrogen) atoms. The van der Waals surface area contributed by atoms with E-state index in [4.69, 9.17) is 0 Å². The van der Waals surface area contributed by atoms with Crippen LogP contribution in [0.25, 0.3) is 11.0 Å². The number of H-pyrrole nitrogens is 1. The second-order valence-corrected chi connectivity index (χ2v) is 2.52. The Morgan fingerprint density at radius 1 is 1.38 bits per heavy atom. The summed E-state index contributed by atoms with van der Waals surface area (Å²) in [7, 11) is 0. The first-order chi connectivity index (χ1) is 6.09. The van der Waals surface area contributed by atoms with E-state index in [1.807, 2.05) is 0 Å². The highest BCUT2D eigenvalue weighted by molar-refractivity contribution is 5.79. The number of aromatic amines is 1. The van der Waals surface area contributed by atoms with E-state index in [1.54, 1.807) is 0 Å². The third-order valence-electron chi connectivity index (χ3n) is 1.68. The van der Waals surface area contributed by atoms with Gasteiger partial charge in [-0.25, -0.2) is 4.98 Å². The van der Waals surface area contributed by atoms with E-state index >= 15 is 0 Å². The summed E-state index contributed by atoms with van der Waals surface area (Å²) < 4.78 is 37.0. The van der Waals surface area contributed by atoms with Gasteiger partial charge < -0.3 is 4.98 Å². The molecule has 0 atom stereocenters. The molecular weight excluding hydrogens is 181 g/mol. The van der Waals surface area contributed by atoms with E-state index in [-0.39, 0.29) is 11.0 Å². The number of nitrogens with zero attached hydrogens (tertiary/aromatic N) is 1. The van der Waals surface area contributed by atoms with Crippen LogP contribution in [0.1, 0.15) is 5.56 Å². The highest BCUT2D eigenvalue weighted by Crippen LogP contribution is 2.32. The third-order valence-corrected chi connectivity index (χ3v) is 1.68. The molecule has 0 saturated heterocycles. The van der Waals surface area contributed by atoms with E-state index in [1.165, 1.54) is 12.3 Å². The SMILES string of the molecule is FC(F)(F)c1[c]cnc2[nH]ccc12. The molecule has 0 fully saturated rings. The predicted octanol–water partition coefficient (Wildman–Crippen LogP) is 2.38. The summed E-state index contributed by atoms with van der Waals surface area (Å²) in [4.78, 5) is 6.31. The Morgan fingerprint density at radius 2 is 2.15 bits per heavy atom. The van der Waals surface area contributed by atoms with Crippen molar-refractivity contribution in [3.05, 3.63) is 30.1 Å². The Labute approximate surface area is 71.4 Å². The highest BCUT2D eigenvalue weighted by atomic mass is 19.4. The summed E-state index contributed by atoms with van der Waals surface area (Å²) in [5, 5.41) is 0.0509. The number of hydrogen-bond acceptors (Lipinski definition) is 1.